The summed E-state index contributed by atoms with van der Waals surface area (Å²) in [5.74, 6) is -2.27. The van der Waals surface area contributed by atoms with Crippen LogP contribution in [0.1, 0.15) is 310 Å². The first-order valence-electron chi connectivity index (χ1n) is 38.8. The van der Waals surface area contributed by atoms with E-state index in [9.17, 15) is 43.2 Å². The molecule has 0 aromatic carbocycles. The summed E-state index contributed by atoms with van der Waals surface area (Å²) >= 11 is 0. The smallest absolute Gasteiger partial charge is 0.462 e. The van der Waals surface area contributed by atoms with E-state index in [-0.39, 0.29) is 25.7 Å². The van der Waals surface area contributed by atoms with Crippen LogP contribution in [-0.2, 0) is 65.4 Å². The van der Waals surface area contributed by atoms with Gasteiger partial charge in [0.05, 0.1) is 26.4 Å². The molecule has 0 saturated carbocycles. The predicted octanol–water partition coefficient (Wildman–Crippen LogP) is 22.3. The number of ether oxygens (including phenoxy) is 4. The summed E-state index contributed by atoms with van der Waals surface area (Å²) in [6.07, 6.45) is 79.1. The fraction of sp³-hybridized carbons (Fsp3) is 0.704. The Bertz CT molecular complexity index is 2370. The highest BCUT2D eigenvalue weighted by Gasteiger charge is 2.30. The Labute approximate surface area is 606 Å². The fourth-order valence-corrected chi connectivity index (χ4v) is 11.6. The minimum atomic E-state index is -4.99. The van der Waals surface area contributed by atoms with Crippen molar-refractivity contribution in [1.29, 1.82) is 0 Å². The highest BCUT2D eigenvalue weighted by atomic mass is 31.2. The molecular formula is C81H138O17P2. The van der Waals surface area contributed by atoms with Crippen molar-refractivity contribution in [1.82, 2.24) is 0 Å². The highest BCUT2D eigenvalue weighted by molar-refractivity contribution is 7.47. The second-order valence-electron chi connectivity index (χ2n) is 25.5. The molecule has 0 aliphatic heterocycles. The Morgan fingerprint density at radius 1 is 0.290 bits per heavy atom. The lowest BCUT2D eigenvalue weighted by Gasteiger charge is -2.21. The van der Waals surface area contributed by atoms with Crippen molar-refractivity contribution < 1.29 is 80.2 Å². The molecule has 0 aliphatic carbocycles. The molecule has 0 spiro atoms. The van der Waals surface area contributed by atoms with Gasteiger partial charge >= 0.3 is 39.5 Å². The second kappa shape index (κ2) is 72.8. The van der Waals surface area contributed by atoms with Gasteiger partial charge in [0.2, 0.25) is 0 Å². The monoisotopic (exact) mass is 1440 g/mol. The number of carbonyl (C=O) groups excluding carboxylic acids is 4. The summed E-state index contributed by atoms with van der Waals surface area (Å²) in [7, 11) is -9.97. The van der Waals surface area contributed by atoms with Crippen molar-refractivity contribution in [2.24, 2.45) is 0 Å². The van der Waals surface area contributed by atoms with Crippen molar-refractivity contribution in [2.75, 3.05) is 39.6 Å². The van der Waals surface area contributed by atoms with Gasteiger partial charge in [0, 0.05) is 25.7 Å². The van der Waals surface area contributed by atoms with E-state index in [1.165, 1.54) is 77.0 Å². The van der Waals surface area contributed by atoms with Gasteiger partial charge in [-0.1, -0.05) is 278 Å². The molecule has 0 fully saturated rings. The molecule has 574 valence electrons. The first kappa shape index (κ1) is 95.5. The lowest BCUT2D eigenvalue weighted by atomic mass is 10.0. The number of unbranched alkanes of at least 4 members (excludes halogenated alkanes) is 26. The van der Waals surface area contributed by atoms with E-state index >= 15 is 0 Å². The molecule has 100 heavy (non-hydrogen) atoms. The highest BCUT2D eigenvalue weighted by Crippen LogP contribution is 2.45. The molecular weight excluding hydrogens is 1310 g/mol. The maximum Gasteiger partial charge on any atom is 0.472 e. The predicted molar refractivity (Wildman–Crippen MR) is 408 cm³/mol. The minimum absolute atomic E-state index is 0.0766. The van der Waals surface area contributed by atoms with Crippen LogP contribution in [0.4, 0.5) is 0 Å². The maximum absolute atomic E-state index is 13.1. The zero-order valence-electron chi connectivity index (χ0n) is 62.6. The number of hydrogen-bond acceptors (Lipinski definition) is 15. The van der Waals surface area contributed by atoms with E-state index in [0.717, 1.165) is 148 Å². The third-order valence-corrected chi connectivity index (χ3v) is 17.8. The zero-order valence-corrected chi connectivity index (χ0v) is 64.4. The van der Waals surface area contributed by atoms with E-state index in [4.69, 9.17) is 37.0 Å². The van der Waals surface area contributed by atoms with Crippen LogP contribution in [0.5, 0.6) is 0 Å². The summed E-state index contributed by atoms with van der Waals surface area (Å²) in [6.45, 7) is 4.54. The number of phosphoric ester groups is 2. The van der Waals surface area contributed by atoms with Crippen LogP contribution >= 0.6 is 15.6 Å². The van der Waals surface area contributed by atoms with Gasteiger partial charge in [-0.3, -0.25) is 37.3 Å². The third kappa shape index (κ3) is 71.8. The Morgan fingerprint density at radius 2 is 0.530 bits per heavy atom. The van der Waals surface area contributed by atoms with Crippen LogP contribution in [0.25, 0.3) is 0 Å². The quantitative estimate of drug-likeness (QED) is 0.0169. The van der Waals surface area contributed by atoms with Crippen molar-refractivity contribution in [3.63, 3.8) is 0 Å². The molecule has 0 bridgehead atoms. The average Bonchev–Trinajstić information content (AvgIpc) is 0.943. The lowest BCUT2D eigenvalue weighted by Crippen LogP contribution is -2.30. The molecule has 0 heterocycles. The van der Waals surface area contributed by atoms with E-state index in [1.54, 1.807) is 0 Å². The molecule has 0 saturated heterocycles. The van der Waals surface area contributed by atoms with Crippen LogP contribution in [0.3, 0.4) is 0 Å². The van der Waals surface area contributed by atoms with Gasteiger partial charge in [-0.2, -0.15) is 0 Å². The molecule has 19 heteroatoms. The van der Waals surface area contributed by atoms with Gasteiger partial charge in [-0.25, -0.2) is 9.13 Å². The molecule has 5 unspecified atom stereocenters. The molecule has 0 rings (SSSR count). The number of allylic oxidation sites excluding steroid dienone is 20. The van der Waals surface area contributed by atoms with Crippen molar-refractivity contribution in [2.45, 2.75) is 329 Å². The molecule has 3 N–H and O–H groups in total. The van der Waals surface area contributed by atoms with E-state index in [1.807, 2.05) is 12.2 Å². The summed E-state index contributed by atoms with van der Waals surface area (Å²) in [5.41, 5.74) is 0. The Balaban J connectivity index is 5.40. The Hall–Kier alpha value is -4.54. The summed E-state index contributed by atoms with van der Waals surface area (Å²) < 4.78 is 68.4. The number of esters is 4. The molecule has 17 nitrogen and oxygen atoms in total. The SMILES string of the molecule is CC/C=C\C/C=C\C/C=C\C/C=C\C/C=C\CCCC(=O)OCC(COP(=O)(O)OCC(O)COP(=O)(O)OCC(COC(=O)CCCCCC/C=C\C/C=C\C/C=C\C/C=C\CC)OC(=O)CCCCCCC/C=C\CCCCCC)OC(=O)CCCCCCCCCCCCCCC. The van der Waals surface area contributed by atoms with Crippen molar-refractivity contribution in [3.8, 4) is 0 Å². The van der Waals surface area contributed by atoms with Gasteiger partial charge in [0.25, 0.3) is 0 Å². The average molecular weight is 1450 g/mol. The van der Waals surface area contributed by atoms with Gasteiger partial charge in [-0.15, -0.1) is 0 Å². The van der Waals surface area contributed by atoms with Gasteiger partial charge in [0.1, 0.15) is 19.3 Å². The summed E-state index contributed by atoms with van der Waals surface area (Å²) in [5, 5.41) is 10.6. The van der Waals surface area contributed by atoms with Crippen LogP contribution in [0.2, 0.25) is 0 Å². The molecule has 0 aliphatic rings. The standard InChI is InChI=1S/C81H138O17P2/c1-5-9-13-17-21-25-29-33-35-37-39-43-45-49-53-57-61-65-78(83)91-71-76(97-80(85)67-63-59-55-51-47-41-31-27-23-19-15-11-7-3)73-95-99(87,88)93-69-75(82)70-94-100(89,90)96-74-77(98-81(86)68-64-60-56-52-48-42-32-28-24-20-16-12-8-4)72-92-79(84)66-62-58-54-50-46-44-40-38-36-34-30-26-22-18-14-10-6-2/h9-10,13-14,21-22,25-27,31,33-36,39-40,43-44,50,54,75-77,82H,5-8,11-12,15-20,23-24,28-30,32,37-38,41-42,45-49,51-53,55-74H2,1-4H3,(H,87,88)(H,89,90)/b13-9-,14-10-,25-21-,26-22-,31-27-,35-33-,36-34-,43-39-,44-40-,54-50-. The largest absolute Gasteiger partial charge is 0.472 e. The number of rotatable bonds is 72. The Morgan fingerprint density at radius 3 is 0.860 bits per heavy atom. The normalized spacial score (nSPS) is 14.6. The molecule has 0 radical (unpaired) electrons. The molecule has 0 aromatic heterocycles. The molecule has 0 amide bonds. The maximum atomic E-state index is 13.1. The number of carbonyl (C=O) groups is 4. The Kier molecular flexibility index (Phi) is 69.5. The minimum Gasteiger partial charge on any atom is -0.462 e. The summed E-state index contributed by atoms with van der Waals surface area (Å²) in [6, 6.07) is 0. The van der Waals surface area contributed by atoms with Crippen molar-refractivity contribution >= 4 is 39.5 Å². The first-order chi connectivity index (χ1) is 48.7. The fourth-order valence-electron chi connectivity index (χ4n) is 10.1. The second-order valence-corrected chi connectivity index (χ2v) is 28.4. The molecule has 5 atom stereocenters. The third-order valence-electron chi connectivity index (χ3n) is 15.9. The van der Waals surface area contributed by atoms with Crippen LogP contribution in [0.15, 0.2) is 122 Å². The van der Waals surface area contributed by atoms with Crippen LogP contribution in [-0.4, -0.2) is 96.7 Å². The number of hydrogen-bond donors (Lipinski definition) is 3. The zero-order chi connectivity index (χ0) is 73.2. The topological polar surface area (TPSA) is 237 Å². The van der Waals surface area contributed by atoms with E-state index in [2.05, 4.69) is 137 Å². The van der Waals surface area contributed by atoms with E-state index < -0.39 is 97.5 Å². The number of aliphatic hydroxyl groups excluding tert-OH is 1. The van der Waals surface area contributed by atoms with Gasteiger partial charge < -0.3 is 33.8 Å². The number of phosphoric acid groups is 2. The summed E-state index contributed by atoms with van der Waals surface area (Å²) in [4.78, 5) is 72.9. The van der Waals surface area contributed by atoms with Gasteiger partial charge in [0.15, 0.2) is 12.2 Å². The first-order valence-corrected chi connectivity index (χ1v) is 41.8. The lowest BCUT2D eigenvalue weighted by molar-refractivity contribution is -0.161. The molecule has 0 aromatic rings. The van der Waals surface area contributed by atoms with Crippen LogP contribution < -0.4 is 0 Å². The number of aliphatic hydroxyl groups is 1. The van der Waals surface area contributed by atoms with E-state index in [0.29, 0.717) is 32.1 Å². The van der Waals surface area contributed by atoms with Gasteiger partial charge in [-0.05, 0) is 128 Å². The van der Waals surface area contributed by atoms with Crippen LogP contribution in [0, 0.1) is 0 Å². The van der Waals surface area contributed by atoms with Crippen molar-refractivity contribution in [3.05, 3.63) is 122 Å².